The van der Waals surface area contributed by atoms with Crippen LogP contribution in [0.1, 0.15) is 51.7 Å². The molecule has 1 aliphatic rings. The normalized spacial score (nSPS) is 15.8. The molecule has 8 heteroatoms. The number of halogens is 1. The predicted molar refractivity (Wildman–Crippen MR) is 145 cm³/mol. The molecule has 0 spiro atoms. The van der Waals surface area contributed by atoms with Crippen molar-refractivity contribution in [3.8, 4) is 6.07 Å². The Bertz CT molecular complexity index is 1250. The summed E-state index contributed by atoms with van der Waals surface area (Å²) < 4.78 is 5.67. The van der Waals surface area contributed by atoms with Gasteiger partial charge >= 0.3 is 5.97 Å². The number of thioether (sulfide) groups is 1. The van der Waals surface area contributed by atoms with Crippen LogP contribution in [0.4, 0.5) is 5.69 Å². The Kier molecular flexibility index (Phi) is 8.89. The fourth-order valence-corrected chi connectivity index (χ4v) is 4.91. The number of aryl methyl sites for hydroxylation is 1. The third-order valence-corrected chi connectivity index (χ3v) is 6.76. The van der Waals surface area contributed by atoms with E-state index in [0.717, 1.165) is 23.2 Å². The zero-order chi connectivity index (χ0) is 26.5. The summed E-state index contributed by atoms with van der Waals surface area (Å²) in [7, 11) is 0. The lowest BCUT2D eigenvalue weighted by atomic mass is 9.82. The maximum absolute atomic E-state index is 13.2. The van der Waals surface area contributed by atoms with Crippen molar-refractivity contribution in [1.82, 2.24) is 5.32 Å². The summed E-state index contributed by atoms with van der Waals surface area (Å²) in [4.78, 5) is 26.0. The summed E-state index contributed by atoms with van der Waals surface area (Å²) in [5.41, 5.74) is 3.13. The van der Waals surface area contributed by atoms with Crippen molar-refractivity contribution in [2.75, 3.05) is 11.1 Å². The second-order valence-electron chi connectivity index (χ2n) is 9.35. The van der Waals surface area contributed by atoms with E-state index in [9.17, 15) is 14.9 Å². The molecule has 1 aliphatic heterocycles. The van der Waals surface area contributed by atoms with E-state index in [1.165, 1.54) is 11.8 Å². The van der Waals surface area contributed by atoms with Gasteiger partial charge in [-0.15, -0.1) is 0 Å². The number of esters is 1. The summed E-state index contributed by atoms with van der Waals surface area (Å²) in [6.45, 7) is 9.20. The highest BCUT2D eigenvalue weighted by Crippen LogP contribution is 2.41. The molecule has 2 aromatic rings. The number of dihydropyridines is 1. The highest BCUT2D eigenvalue weighted by Gasteiger charge is 2.37. The van der Waals surface area contributed by atoms with E-state index in [4.69, 9.17) is 16.3 Å². The van der Waals surface area contributed by atoms with Gasteiger partial charge in [0, 0.05) is 16.4 Å². The van der Waals surface area contributed by atoms with Crippen LogP contribution >= 0.6 is 23.4 Å². The van der Waals surface area contributed by atoms with Crippen LogP contribution in [0.25, 0.3) is 0 Å². The molecule has 0 aliphatic carbocycles. The molecule has 2 N–H and O–H groups in total. The molecule has 1 heterocycles. The molecule has 0 saturated carbocycles. The number of allylic oxidation sites excluding steroid dienone is 2. The number of hydrogen-bond donors (Lipinski definition) is 2. The Hall–Kier alpha value is -3.21. The number of rotatable bonds is 7. The number of nitrogens with zero attached hydrogens (tertiary/aromatic N) is 1. The maximum Gasteiger partial charge on any atom is 0.337 e. The summed E-state index contributed by atoms with van der Waals surface area (Å²) in [6.07, 6.45) is 0.801. The Morgan fingerprint density at radius 3 is 2.44 bits per heavy atom. The molecular weight excluding hydrogens is 494 g/mol. The van der Waals surface area contributed by atoms with Gasteiger partial charge in [-0.2, -0.15) is 5.26 Å². The molecule has 0 bridgehead atoms. The molecule has 1 amide bonds. The van der Waals surface area contributed by atoms with Crippen LogP contribution in [0.3, 0.4) is 0 Å². The summed E-state index contributed by atoms with van der Waals surface area (Å²) in [5.74, 6) is -1.25. The number of carbonyl (C=O) groups is 2. The first-order valence-electron chi connectivity index (χ1n) is 11.7. The van der Waals surface area contributed by atoms with Crippen LogP contribution in [0.15, 0.2) is 70.4 Å². The van der Waals surface area contributed by atoms with Gasteiger partial charge in [-0.25, -0.2) is 4.79 Å². The third kappa shape index (κ3) is 6.71. The largest absolute Gasteiger partial charge is 0.457 e. The van der Waals surface area contributed by atoms with E-state index in [1.54, 1.807) is 52.0 Å². The van der Waals surface area contributed by atoms with E-state index in [1.807, 2.05) is 31.2 Å². The average Bonchev–Trinajstić information content (AvgIpc) is 2.82. The lowest BCUT2D eigenvalue weighted by molar-refractivity contribution is -0.150. The second kappa shape index (κ2) is 11.7. The van der Waals surface area contributed by atoms with Crippen molar-refractivity contribution in [3.63, 3.8) is 0 Å². The smallest absolute Gasteiger partial charge is 0.337 e. The zero-order valence-corrected chi connectivity index (χ0v) is 22.6. The summed E-state index contributed by atoms with van der Waals surface area (Å²) >= 11 is 7.32. The Morgan fingerprint density at radius 2 is 1.83 bits per heavy atom. The van der Waals surface area contributed by atoms with Crippen LogP contribution < -0.4 is 10.6 Å². The van der Waals surface area contributed by atoms with Gasteiger partial charge < -0.3 is 15.4 Å². The molecule has 0 aromatic heterocycles. The van der Waals surface area contributed by atoms with E-state index in [-0.39, 0.29) is 11.7 Å². The fourth-order valence-electron chi connectivity index (χ4n) is 3.89. The monoisotopic (exact) mass is 523 g/mol. The van der Waals surface area contributed by atoms with Gasteiger partial charge in [-0.3, -0.25) is 4.79 Å². The van der Waals surface area contributed by atoms with Crippen molar-refractivity contribution in [1.29, 1.82) is 5.26 Å². The maximum atomic E-state index is 13.2. The average molecular weight is 524 g/mol. The number of para-hydroxylation sites is 1. The number of carbonyl (C=O) groups excluding carboxylic acids is 2. The predicted octanol–water partition coefficient (Wildman–Crippen LogP) is 6.31. The van der Waals surface area contributed by atoms with Gasteiger partial charge in [0.15, 0.2) is 0 Å². The highest BCUT2D eigenvalue weighted by molar-refractivity contribution is 8.03. The van der Waals surface area contributed by atoms with Crippen LogP contribution in [0.5, 0.6) is 0 Å². The standard InChI is InChI=1S/C28H30ClN3O3S/c1-6-18-9-7-8-10-22(18)32-23(33)16-36-26-21(15-30)25(19-11-13-20(29)14-12-19)24(17(2)31-26)27(34)35-28(3,4)5/h7-14,25,31H,6,16H2,1-5H3,(H,32,33). The van der Waals surface area contributed by atoms with Gasteiger partial charge in [-0.05, 0) is 63.4 Å². The van der Waals surface area contributed by atoms with Crippen molar-refractivity contribution in [2.45, 2.75) is 52.6 Å². The number of anilines is 1. The van der Waals surface area contributed by atoms with E-state index < -0.39 is 17.5 Å². The lowest BCUT2D eigenvalue weighted by Crippen LogP contribution is -2.32. The molecule has 1 atom stereocenters. The van der Waals surface area contributed by atoms with Gasteiger partial charge in [0.2, 0.25) is 5.91 Å². The van der Waals surface area contributed by atoms with E-state index in [2.05, 4.69) is 16.7 Å². The minimum Gasteiger partial charge on any atom is -0.457 e. The summed E-state index contributed by atoms with van der Waals surface area (Å²) in [5, 5.41) is 17.4. The van der Waals surface area contributed by atoms with Crippen LogP contribution in [0, 0.1) is 11.3 Å². The van der Waals surface area contributed by atoms with Gasteiger partial charge in [0.1, 0.15) is 5.60 Å². The Morgan fingerprint density at radius 1 is 1.17 bits per heavy atom. The van der Waals surface area contributed by atoms with Gasteiger partial charge in [-0.1, -0.05) is 60.6 Å². The molecule has 1 unspecified atom stereocenters. The third-order valence-electron chi connectivity index (χ3n) is 5.49. The molecule has 0 saturated heterocycles. The van der Waals surface area contributed by atoms with Crippen LogP contribution in [-0.2, 0) is 20.7 Å². The zero-order valence-electron chi connectivity index (χ0n) is 21.1. The van der Waals surface area contributed by atoms with Crippen molar-refractivity contribution in [3.05, 3.63) is 86.6 Å². The molecule has 0 fully saturated rings. The molecule has 3 rings (SSSR count). The van der Waals surface area contributed by atoms with E-state index in [0.29, 0.717) is 26.9 Å². The molecule has 0 radical (unpaired) electrons. The van der Waals surface area contributed by atoms with Gasteiger partial charge in [0.05, 0.1) is 33.9 Å². The van der Waals surface area contributed by atoms with Crippen LogP contribution in [-0.4, -0.2) is 23.2 Å². The minimum atomic E-state index is -0.701. The molecule has 188 valence electrons. The minimum absolute atomic E-state index is 0.0912. The number of nitriles is 1. The van der Waals surface area contributed by atoms with Crippen molar-refractivity contribution in [2.24, 2.45) is 0 Å². The molecule has 2 aromatic carbocycles. The molecule has 36 heavy (non-hydrogen) atoms. The topological polar surface area (TPSA) is 91.2 Å². The fraction of sp³-hybridized carbons (Fsp3) is 0.321. The van der Waals surface area contributed by atoms with Gasteiger partial charge in [0.25, 0.3) is 0 Å². The number of nitrogens with one attached hydrogen (secondary N) is 2. The molecular formula is C28H30ClN3O3S. The number of amides is 1. The van der Waals surface area contributed by atoms with E-state index >= 15 is 0 Å². The quantitative estimate of drug-likeness (QED) is 0.413. The highest BCUT2D eigenvalue weighted by atomic mass is 35.5. The second-order valence-corrected chi connectivity index (χ2v) is 10.8. The Balaban J connectivity index is 1.92. The van der Waals surface area contributed by atoms with Crippen LogP contribution in [0.2, 0.25) is 5.02 Å². The Labute approximate surface area is 221 Å². The number of benzene rings is 2. The summed E-state index contributed by atoms with van der Waals surface area (Å²) in [6, 6.07) is 17.0. The first kappa shape index (κ1) is 27.4. The molecule has 6 nitrogen and oxygen atoms in total. The van der Waals surface area contributed by atoms with Crippen molar-refractivity contribution >= 4 is 40.9 Å². The SMILES string of the molecule is CCc1ccccc1NC(=O)CSC1=C(C#N)C(c2ccc(Cl)cc2)C(C(=O)OC(C)(C)C)=C(C)N1. The first-order valence-corrected chi connectivity index (χ1v) is 13.0. The lowest BCUT2D eigenvalue weighted by Gasteiger charge is -2.31. The number of ether oxygens (including phenoxy) is 1. The van der Waals surface area contributed by atoms with Crippen molar-refractivity contribution < 1.29 is 14.3 Å². The first-order chi connectivity index (χ1) is 17.0. The number of hydrogen-bond acceptors (Lipinski definition) is 6.